The summed E-state index contributed by atoms with van der Waals surface area (Å²) in [6.45, 7) is 0.976. The zero-order valence-corrected chi connectivity index (χ0v) is 10.5. The maximum absolute atomic E-state index is 4.13. The molecule has 0 radical (unpaired) electrons. The Hall–Kier alpha value is -1.06. The van der Waals surface area contributed by atoms with Gasteiger partial charge in [0.15, 0.2) is 0 Å². The predicted molar refractivity (Wildman–Crippen MR) is 74.3 cm³/mol. The first-order valence-corrected chi connectivity index (χ1v) is 7.21. The second-order valence-corrected chi connectivity index (χ2v) is 5.65. The minimum absolute atomic E-state index is 0.702. The zero-order chi connectivity index (χ0) is 11.5. The number of nitrogens with zero attached hydrogens (tertiary/aromatic N) is 1. The van der Waals surface area contributed by atoms with E-state index in [0.29, 0.717) is 6.04 Å². The molecule has 1 aromatic carbocycles. The first kappa shape index (κ1) is 11.1. The Balaban J connectivity index is 1.72. The van der Waals surface area contributed by atoms with Crippen LogP contribution in [0.4, 0.5) is 0 Å². The van der Waals surface area contributed by atoms with Crippen LogP contribution in [0.3, 0.4) is 0 Å². The molecule has 3 heteroatoms. The maximum Gasteiger partial charge on any atom is 0.0346 e. The summed E-state index contributed by atoms with van der Waals surface area (Å²) in [7, 11) is 0. The second-order valence-electron chi connectivity index (χ2n) is 4.50. The largest absolute Gasteiger partial charge is 0.309 e. The molecule has 1 fully saturated rings. The van der Waals surface area contributed by atoms with Gasteiger partial charge >= 0.3 is 0 Å². The summed E-state index contributed by atoms with van der Waals surface area (Å²) in [5.41, 5.74) is 1.36. The van der Waals surface area contributed by atoms with Gasteiger partial charge in [0, 0.05) is 36.1 Å². The standard InChI is InChI=1S/C14H16N2S/c1-2-13-9-15-5-3-12(13)7-11(1)8-16-14-4-6-17-10-14/h1-3,5,7,9,14,16H,4,6,8,10H2. The molecule has 1 N–H and O–H groups in total. The highest BCUT2D eigenvalue weighted by molar-refractivity contribution is 7.99. The molecule has 1 unspecified atom stereocenters. The third kappa shape index (κ3) is 2.61. The molecule has 2 heterocycles. The predicted octanol–water partition coefficient (Wildman–Crippen LogP) is 2.83. The van der Waals surface area contributed by atoms with Crippen molar-refractivity contribution in [2.24, 2.45) is 0 Å². The third-order valence-electron chi connectivity index (χ3n) is 3.23. The van der Waals surface area contributed by atoms with Crippen LogP contribution in [0.25, 0.3) is 10.8 Å². The van der Waals surface area contributed by atoms with Crippen molar-refractivity contribution < 1.29 is 0 Å². The van der Waals surface area contributed by atoms with Crippen LogP contribution < -0.4 is 5.32 Å². The zero-order valence-electron chi connectivity index (χ0n) is 9.73. The fraction of sp³-hybridized carbons (Fsp3) is 0.357. The first-order chi connectivity index (χ1) is 8.42. The number of benzene rings is 1. The lowest BCUT2D eigenvalue weighted by Gasteiger charge is -2.11. The lowest BCUT2D eigenvalue weighted by Crippen LogP contribution is -2.27. The molecular formula is C14H16N2S. The summed E-state index contributed by atoms with van der Waals surface area (Å²) >= 11 is 2.05. The molecule has 1 aliphatic heterocycles. The van der Waals surface area contributed by atoms with Crippen molar-refractivity contribution in [2.75, 3.05) is 11.5 Å². The van der Waals surface area contributed by atoms with Crippen molar-refractivity contribution in [3.63, 3.8) is 0 Å². The smallest absolute Gasteiger partial charge is 0.0346 e. The Morgan fingerprint density at radius 3 is 3.18 bits per heavy atom. The molecule has 0 spiro atoms. The van der Waals surface area contributed by atoms with Gasteiger partial charge in [-0.15, -0.1) is 0 Å². The van der Waals surface area contributed by atoms with Crippen molar-refractivity contribution in [2.45, 2.75) is 19.0 Å². The molecular weight excluding hydrogens is 228 g/mol. The van der Waals surface area contributed by atoms with Crippen LogP contribution in [-0.2, 0) is 6.54 Å². The quantitative estimate of drug-likeness (QED) is 0.898. The Labute approximate surface area is 106 Å². The molecule has 1 aliphatic rings. The van der Waals surface area contributed by atoms with Crippen LogP contribution in [0.15, 0.2) is 36.7 Å². The molecule has 88 valence electrons. The summed E-state index contributed by atoms with van der Waals surface area (Å²) in [5, 5.41) is 6.12. The van der Waals surface area contributed by atoms with Gasteiger partial charge in [0.05, 0.1) is 0 Å². The minimum Gasteiger partial charge on any atom is -0.309 e. The summed E-state index contributed by atoms with van der Waals surface area (Å²) in [5.74, 6) is 2.57. The van der Waals surface area contributed by atoms with Gasteiger partial charge < -0.3 is 5.32 Å². The highest BCUT2D eigenvalue weighted by Crippen LogP contribution is 2.18. The van der Waals surface area contributed by atoms with Crippen LogP contribution in [0.1, 0.15) is 12.0 Å². The van der Waals surface area contributed by atoms with Gasteiger partial charge in [-0.25, -0.2) is 0 Å². The molecule has 0 aliphatic carbocycles. The molecule has 2 aromatic rings. The Bertz CT molecular complexity index is 506. The Morgan fingerprint density at radius 2 is 2.29 bits per heavy atom. The van der Waals surface area contributed by atoms with Crippen molar-refractivity contribution in [1.29, 1.82) is 0 Å². The van der Waals surface area contributed by atoms with E-state index in [4.69, 9.17) is 0 Å². The molecule has 3 rings (SSSR count). The van der Waals surface area contributed by atoms with Crippen LogP contribution in [0, 0.1) is 0 Å². The van der Waals surface area contributed by atoms with E-state index in [0.717, 1.165) is 6.54 Å². The minimum atomic E-state index is 0.702. The molecule has 1 aromatic heterocycles. The van der Waals surface area contributed by atoms with E-state index in [9.17, 15) is 0 Å². The van der Waals surface area contributed by atoms with Crippen molar-refractivity contribution in [1.82, 2.24) is 10.3 Å². The highest BCUT2D eigenvalue weighted by atomic mass is 32.2. The fourth-order valence-electron chi connectivity index (χ4n) is 2.20. The SMILES string of the molecule is c1cc2cc(CNC3CCSC3)ccc2cn1. The average Bonchev–Trinajstić information content (AvgIpc) is 2.89. The summed E-state index contributed by atoms with van der Waals surface area (Å²) < 4.78 is 0. The van der Waals surface area contributed by atoms with E-state index in [-0.39, 0.29) is 0 Å². The number of pyridine rings is 1. The fourth-order valence-corrected chi connectivity index (χ4v) is 3.39. The number of thioether (sulfide) groups is 1. The van der Waals surface area contributed by atoms with Crippen LogP contribution in [0.5, 0.6) is 0 Å². The van der Waals surface area contributed by atoms with Gasteiger partial charge in [-0.05, 0) is 35.3 Å². The number of hydrogen-bond donors (Lipinski definition) is 1. The van der Waals surface area contributed by atoms with E-state index in [2.05, 4.69) is 34.6 Å². The number of nitrogens with one attached hydrogen (secondary N) is 1. The van der Waals surface area contributed by atoms with Gasteiger partial charge in [0.25, 0.3) is 0 Å². The Kier molecular flexibility index (Phi) is 3.29. The molecule has 0 bridgehead atoms. The normalized spacial score (nSPS) is 19.9. The Morgan fingerprint density at radius 1 is 1.29 bits per heavy atom. The molecule has 1 saturated heterocycles. The summed E-state index contributed by atoms with van der Waals surface area (Å²) in [6, 6.07) is 9.38. The van der Waals surface area contributed by atoms with Gasteiger partial charge in [0.2, 0.25) is 0 Å². The average molecular weight is 244 g/mol. The number of fused-ring (bicyclic) bond motifs is 1. The molecule has 0 saturated carbocycles. The summed E-state index contributed by atoms with van der Waals surface area (Å²) in [6.07, 6.45) is 5.08. The maximum atomic E-state index is 4.13. The summed E-state index contributed by atoms with van der Waals surface area (Å²) in [4.78, 5) is 4.13. The molecule has 17 heavy (non-hydrogen) atoms. The van der Waals surface area contributed by atoms with Crippen LogP contribution in [-0.4, -0.2) is 22.5 Å². The van der Waals surface area contributed by atoms with E-state index < -0.39 is 0 Å². The molecule has 2 nitrogen and oxygen atoms in total. The third-order valence-corrected chi connectivity index (χ3v) is 4.39. The second kappa shape index (κ2) is 5.07. The van der Waals surface area contributed by atoms with Crippen molar-refractivity contribution in [3.8, 4) is 0 Å². The lowest BCUT2D eigenvalue weighted by atomic mass is 10.1. The van der Waals surface area contributed by atoms with E-state index in [1.807, 2.05) is 24.2 Å². The van der Waals surface area contributed by atoms with Gasteiger partial charge in [-0.2, -0.15) is 11.8 Å². The van der Waals surface area contributed by atoms with E-state index >= 15 is 0 Å². The van der Waals surface area contributed by atoms with Crippen molar-refractivity contribution in [3.05, 3.63) is 42.2 Å². The molecule has 0 amide bonds. The van der Waals surface area contributed by atoms with Gasteiger partial charge in [0.1, 0.15) is 0 Å². The number of rotatable bonds is 3. The monoisotopic (exact) mass is 244 g/mol. The van der Waals surface area contributed by atoms with Gasteiger partial charge in [-0.1, -0.05) is 12.1 Å². The van der Waals surface area contributed by atoms with E-state index in [1.165, 1.54) is 34.3 Å². The van der Waals surface area contributed by atoms with E-state index in [1.54, 1.807) is 0 Å². The first-order valence-electron chi connectivity index (χ1n) is 6.05. The highest BCUT2D eigenvalue weighted by Gasteiger charge is 2.14. The van der Waals surface area contributed by atoms with Crippen LogP contribution in [0.2, 0.25) is 0 Å². The lowest BCUT2D eigenvalue weighted by molar-refractivity contribution is 0.558. The number of aromatic nitrogens is 1. The van der Waals surface area contributed by atoms with Gasteiger partial charge in [-0.3, -0.25) is 4.98 Å². The number of hydrogen-bond acceptors (Lipinski definition) is 3. The van der Waals surface area contributed by atoms with Crippen LogP contribution >= 0.6 is 11.8 Å². The molecule has 1 atom stereocenters. The topological polar surface area (TPSA) is 24.9 Å². The van der Waals surface area contributed by atoms with Crippen molar-refractivity contribution >= 4 is 22.5 Å².